The lowest BCUT2D eigenvalue weighted by Crippen LogP contribution is -2.39. The Hall–Kier alpha value is -0.570. The van der Waals surface area contributed by atoms with E-state index in [9.17, 15) is 4.79 Å². The van der Waals surface area contributed by atoms with E-state index in [1.807, 2.05) is 0 Å². The Bertz CT molecular complexity index is 234. The minimum atomic E-state index is -0.682. The summed E-state index contributed by atoms with van der Waals surface area (Å²) in [6, 6.07) is 0.453. The molecule has 0 heterocycles. The van der Waals surface area contributed by atoms with E-state index in [0.29, 0.717) is 6.04 Å². The van der Waals surface area contributed by atoms with Crippen molar-refractivity contribution in [2.24, 2.45) is 11.8 Å². The summed E-state index contributed by atoms with van der Waals surface area (Å²) < 4.78 is 0. The van der Waals surface area contributed by atoms with Crippen LogP contribution >= 0.6 is 0 Å². The second-order valence-corrected chi connectivity index (χ2v) is 5.29. The fourth-order valence-corrected chi connectivity index (χ4v) is 2.19. The van der Waals surface area contributed by atoms with Gasteiger partial charge in [-0.1, -0.05) is 12.8 Å². The van der Waals surface area contributed by atoms with Gasteiger partial charge in [0.05, 0.1) is 6.54 Å². The normalized spacial score (nSPS) is 23.1. The van der Waals surface area contributed by atoms with Crippen molar-refractivity contribution < 1.29 is 9.90 Å². The third-order valence-electron chi connectivity index (χ3n) is 3.52. The van der Waals surface area contributed by atoms with Gasteiger partial charge in [0.15, 0.2) is 0 Å². The van der Waals surface area contributed by atoms with E-state index in [1.165, 1.54) is 32.1 Å². The first-order valence-electron chi connectivity index (χ1n) is 6.11. The number of rotatable bonds is 7. The Morgan fingerprint density at radius 3 is 2.40 bits per heavy atom. The predicted octanol–water partition coefficient (Wildman–Crippen LogP) is 1.97. The molecule has 2 fully saturated rings. The summed E-state index contributed by atoms with van der Waals surface area (Å²) in [7, 11) is 0. The summed E-state index contributed by atoms with van der Waals surface area (Å²) in [4.78, 5) is 12.9. The van der Waals surface area contributed by atoms with Crippen molar-refractivity contribution in [3.8, 4) is 0 Å². The molecule has 0 aliphatic heterocycles. The van der Waals surface area contributed by atoms with Gasteiger partial charge in [-0.05, 0) is 38.0 Å². The van der Waals surface area contributed by atoms with Gasteiger partial charge in [-0.15, -0.1) is 0 Å². The van der Waals surface area contributed by atoms with Crippen molar-refractivity contribution in [1.29, 1.82) is 0 Å². The Morgan fingerprint density at radius 1 is 1.33 bits per heavy atom. The smallest absolute Gasteiger partial charge is 0.317 e. The zero-order chi connectivity index (χ0) is 10.8. The largest absolute Gasteiger partial charge is 0.480 e. The van der Waals surface area contributed by atoms with Crippen LogP contribution in [-0.2, 0) is 4.79 Å². The maximum atomic E-state index is 10.8. The summed E-state index contributed by atoms with van der Waals surface area (Å²) in [5.41, 5.74) is 0. The van der Waals surface area contributed by atoms with Gasteiger partial charge in [0.2, 0.25) is 0 Å². The van der Waals surface area contributed by atoms with Crippen molar-refractivity contribution in [2.75, 3.05) is 13.1 Å². The van der Waals surface area contributed by atoms with Crippen molar-refractivity contribution >= 4 is 5.97 Å². The van der Waals surface area contributed by atoms with E-state index in [1.54, 1.807) is 0 Å². The summed E-state index contributed by atoms with van der Waals surface area (Å²) in [5, 5.41) is 8.87. The molecular weight excluding hydrogens is 190 g/mol. The van der Waals surface area contributed by atoms with Crippen LogP contribution in [0.5, 0.6) is 0 Å². The standard InChI is InChI=1S/C12H21NO2/c1-9(6-10-2-3-10)13(8-12(14)15)7-11-4-5-11/h9-11H,2-8H2,1H3,(H,14,15). The fourth-order valence-electron chi connectivity index (χ4n) is 2.19. The highest BCUT2D eigenvalue weighted by Crippen LogP contribution is 2.36. The minimum absolute atomic E-state index is 0.227. The molecule has 2 aliphatic rings. The monoisotopic (exact) mass is 211 g/mol. The third-order valence-corrected chi connectivity index (χ3v) is 3.52. The van der Waals surface area contributed by atoms with Gasteiger partial charge in [0, 0.05) is 12.6 Å². The van der Waals surface area contributed by atoms with Crippen LogP contribution in [-0.4, -0.2) is 35.1 Å². The van der Waals surface area contributed by atoms with Crippen LogP contribution in [0.4, 0.5) is 0 Å². The molecule has 86 valence electrons. The highest BCUT2D eigenvalue weighted by molar-refractivity contribution is 5.69. The van der Waals surface area contributed by atoms with Crippen molar-refractivity contribution in [1.82, 2.24) is 4.90 Å². The first-order chi connectivity index (χ1) is 7.15. The lowest BCUT2D eigenvalue weighted by molar-refractivity contribution is -0.139. The second-order valence-electron chi connectivity index (χ2n) is 5.29. The maximum absolute atomic E-state index is 10.8. The van der Waals surface area contributed by atoms with E-state index in [-0.39, 0.29) is 6.54 Å². The number of nitrogens with zero attached hydrogens (tertiary/aromatic N) is 1. The van der Waals surface area contributed by atoms with Crippen LogP contribution in [0.1, 0.15) is 39.0 Å². The van der Waals surface area contributed by atoms with E-state index in [2.05, 4.69) is 11.8 Å². The van der Waals surface area contributed by atoms with E-state index in [0.717, 1.165) is 18.4 Å². The number of carboxylic acids is 1. The van der Waals surface area contributed by atoms with Crippen molar-refractivity contribution in [3.63, 3.8) is 0 Å². The molecule has 0 saturated heterocycles. The van der Waals surface area contributed by atoms with Crippen LogP contribution in [0.2, 0.25) is 0 Å². The molecular formula is C12H21NO2. The predicted molar refractivity (Wildman–Crippen MR) is 58.7 cm³/mol. The molecule has 0 amide bonds. The molecule has 0 spiro atoms. The van der Waals surface area contributed by atoms with Gasteiger partial charge in [-0.25, -0.2) is 0 Å². The molecule has 2 aliphatic carbocycles. The van der Waals surface area contributed by atoms with Gasteiger partial charge in [-0.2, -0.15) is 0 Å². The Kier molecular flexibility index (Phi) is 3.29. The minimum Gasteiger partial charge on any atom is -0.480 e. The summed E-state index contributed by atoms with van der Waals surface area (Å²) in [6.45, 7) is 3.41. The molecule has 3 nitrogen and oxygen atoms in total. The molecule has 0 bridgehead atoms. The first-order valence-corrected chi connectivity index (χ1v) is 6.11. The number of aliphatic carboxylic acids is 1. The van der Waals surface area contributed by atoms with Gasteiger partial charge in [0.1, 0.15) is 0 Å². The lowest BCUT2D eigenvalue weighted by atomic mass is 10.1. The van der Waals surface area contributed by atoms with E-state index < -0.39 is 5.97 Å². The molecule has 2 saturated carbocycles. The zero-order valence-corrected chi connectivity index (χ0v) is 9.48. The molecule has 2 rings (SSSR count). The molecule has 0 radical (unpaired) electrons. The topological polar surface area (TPSA) is 40.5 Å². The molecule has 3 heteroatoms. The van der Waals surface area contributed by atoms with Crippen LogP contribution in [0.15, 0.2) is 0 Å². The Labute approximate surface area is 91.5 Å². The van der Waals surface area contributed by atoms with E-state index >= 15 is 0 Å². The molecule has 1 atom stereocenters. The third kappa shape index (κ3) is 3.82. The molecule has 0 aromatic rings. The maximum Gasteiger partial charge on any atom is 0.317 e. The van der Waals surface area contributed by atoms with Gasteiger partial charge in [-0.3, -0.25) is 9.69 Å². The molecule has 0 aromatic carbocycles. The zero-order valence-electron chi connectivity index (χ0n) is 9.48. The Balaban J connectivity index is 1.79. The summed E-state index contributed by atoms with van der Waals surface area (Å²) >= 11 is 0. The van der Waals surface area contributed by atoms with Crippen LogP contribution in [0, 0.1) is 11.8 Å². The quantitative estimate of drug-likeness (QED) is 0.700. The van der Waals surface area contributed by atoms with Crippen LogP contribution < -0.4 is 0 Å². The van der Waals surface area contributed by atoms with Crippen molar-refractivity contribution in [3.05, 3.63) is 0 Å². The van der Waals surface area contributed by atoms with Gasteiger partial charge in [0.25, 0.3) is 0 Å². The number of carbonyl (C=O) groups is 1. The highest BCUT2D eigenvalue weighted by Gasteiger charge is 2.31. The second kappa shape index (κ2) is 4.52. The van der Waals surface area contributed by atoms with Crippen LogP contribution in [0.3, 0.4) is 0 Å². The first kappa shape index (κ1) is 10.9. The number of carboxylic acid groups (broad SMARTS) is 1. The summed E-state index contributed by atoms with van der Waals surface area (Å²) in [6.07, 6.45) is 6.50. The molecule has 1 N–H and O–H groups in total. The number of hydrogen-bond acceptors (Lipinski definition) is 2. The van der Waals surface area contributed by atoms with E-state index in [4.69, 9.17) is 5.11 Å². The number of hydrogen-bond donors (Lipinski definition) is 1. The average molecular weight is 211 g/mol. The average Bonchev–Trinajstić information content (AvgIpc) is 2.94. The van der Waals surface area contributed by atoms with Crippen LogP contribution in [0.25, 0.3) is 0 Å². The highest BCUT2D eigenvalue weighted by atomic mass is 16.4. The Morgan fingerprint density at radius 2 is 1.93 bits per heavy atom. The fraction of sp³-hybridized carbons (Fsp3) is 0.917. The summed E-state index contributed by atoms with van der Waals surface area (Å²) in [5.74, 6) is 0.986. The van der Waals surface area contributed by atoms with Gasteiger partial charge < -0.3 is 5.11 Å². The van der Waals surface area contributed by atoms with Gasteiger partial charge >= 0.3 is 5.97 Å². The molecule has 1 unspecified atom stereocenters. The lowest BCUT2D eigenvalue weighted by Gasteiger charge is -2.27. The molecule has 0 aromatic heterocycles. The SMILES string of the molecule is CC(CC1CC1)N(CC(=O)O)CC1CC1. The van der Waals surface area contributed by atoms with Crippen molar-refractivity contribution in [2.45, 2.75) is 45.1 Å². The molecule has 15 heavy (non-hydrogen) atoms.